The molecule has 2 rings (SSSR count). The molecule has 1 unspecified atom stereocenters. The standard InChI is InChI=1S/C11H12FN3O/c12-9-3-1-2-4-11(9)15-6-8(5-14-15)10(13)7-16/h1-6,10,16H,7,13H2. The first-order valence-corrected chi connectivity index (χ1v) is 4.88. The van der Waals surface area contributed by atoms with Gasteiger partial charge in [0.05, 0.1) is 18.8 Å². The zero-order valence-electron chi connectivity index (χ0n) is 8.55. The normalized spacial score (nSPS) is 12.7. The zero-order chi connectivity index (χ0) is 11.5. The van der Waals surface area contributed by atoms with Crippen LogP contribution in [0, 0.1) is 5.82 Å². The molecule has 16 heavy (non-hydrogen) atoms. The van der Waals surface area contributed by atoms with Gasteiger partial charge in [-0.3, -0.25) is 0 Å². The molecule has 0 bridgehead atoms. The third-order valence-corrected chi connectivity index (χ3v) is 2.33. The summed E-state index contributed by atoms with van der Waals surface area (Å²) in [7, 11) is 0. The number of hydrogen-bond acceptors (Lipinski definition) is 3. The molecule has 1 aromatic carbocycles. The highest BCUT2D eigenvalue weighted by Gasteiger charge is 2.09. The Bertz CT molecular complexity index is 484. The van der Waals surface area contributed by atoms with Crippen molar-refractivity contribution in [2.24, 2.45) is 5.73 Å². The van der Waals surface area contributed by atoms with Crippen LogP contribution >= 0.6 is 0 Å². The molecule has 84 valence electrons. The van der Waals surface area contributed by atoms with Crippen LogP contribution in [-0.4, -0.2) is 21.5 Å². The second-order valence-electron chi connectivity index (χ2n) is 3.46. The van der Waals surface area contributed by atoms with Crippen LogP contribution in [0.5, 0.6) is 0 Å². The van der Waals surface area contributed by atoms with Crippen LogP contribution in [0.25, 0.3) is 5.69 Å². The molecule has 0 aliphatic heterocycles. The molecule has 0 aliphatic rings. The third-order valence-electron chi connectivity index (χ3n) is 2.33. The fraction of sp³-hybridized carbons (Fsp3) is 0.182. The topological polar surface area (TPSA) is 64.1 Å². The predicted octanol–water partition coefficient (Wildman–Crippen LogP) is 1.00. The second-order valence-corrected chi connectivity index (χ2v) is 3.46. The maximum Gasteiger partial charge on any atom is 0.148 e. The molecule has 0 saturated heterocycles. The van der Waals surface area contributed by atoms with E-state index in [0.717, 1.165) is 0 Å². The first-order valence-electron chi connectivity index (χ1n) is 4.88. The summed E-state index contributed by atoms with van der Waals surface area (Å²) in [5, 5.41) is 12.9. The SMILES string of the molecule is NC(CO)c1cnn(-c2ccccc2F)c1. The van der Waals surface area contributed by atoms with Crippen molar-refractivity contribution in [3.05, 3.63) is 48.0 Å². The van der Waals surface area contributed by atoms with E-state index < -0.39 is 6.04 Å². The summed E-state index contributed by atoms with van der Waals surface area (Å²) in [5.41, 5.74) is 6.66. The Kier molecular flexibility index (Phi) is 2.98. The summed E-state index contributed by atoms with van der Waals surface area (Å²) in [6, 6.07) is 5.84. The van der Waals surface area contributed by atoms with Gasteiger partial charge in [-0.15, -0.1) is 0 Å². The summed E-state index contributed by atoms with van der Waals surface area (Å²) in [4.78, 5) is 0. The van der Waals surface area contributed by atoms with E-state index in [1.807, 2.05) is 0 Å². The minimum absolute atomic E-state index is 0.164. The lowest BCUT2D eigenvalue weighted by atomic mass is 10.2. The largest absolute Gasteiger partial charge is 0.394 e. The average Bonchev–Trinajstić information content (AvgIpc) is 2.78. The minimum atomic E-state index is -0.486. The van der Waals surface area contributed by atoms with E-state index in [0.29, 0.717) is 11.3 Å². The lowest BCUT2D eigenvalue weighted by Gasteiger charge is -2.04. The lowest BCUT2D eigenvalue weighted by Crippen LogP contribution is -2.13. The van der Waals surface area contributed by atoms with Crippen LogP contribution in [0.3, 0.4) is 0 Å². The van der Waals surface area contributed by atoms with Crippen molar-refractivity contribution >= 4 is 0 Å². The van der Waals surface area contributed by atoms with E-state index >= 15 is 0 Å². The number of benzene rings is 1. The van der Waals surface area contributed by atoms with Gasteiger partial charge in [-0.25, -0.2) is 9.07 Å². The molecule has 3 N–H and O–H groups in total. The number of nitrogens with zero attached hydrogens (tertiary/aromatic N) is 2. The Morgan fingerprint density at radius 2 is 2.19 bits per heavy atom. The molecular formula is C11H12FN3O. The van der Waals surface area contributed by atoms with Gasteiger partial charge >= 0.3 is 0 Å². The van der Waals surface area contributed by atoms with Crippen molar-refractivity contribution in [3.8, 4) is 5.69 Å². The summed E-state index contributed by atoms with van der Waals surface area (Å²) >= 11 is 0. The van der Waals surface area contributed by atoms with Crippen molar-refractivity contribution < 1.29 is 9.50 Å². The molecule has 0 radical (unpaired) electrons. The minimum Gasteiger partial charge on any atom is -0.394 e. The molecule has 0 fully saturated rings. The zero-order valence-corrected chi connectivity index (χ0v) is 8.55. The van der Waals surface area contributed by atoms with Crippen molar-refractivity contribution in [3.63, 3.8) is 0 Å². The van der Waals surface area contributed by atoms with E-state index in [9.17, 15) is 4.39 Å². The number of halogens is 1. The summed E-state index contributed by atoms with van der Waals surface area (Å²) in [5.74, 6) is -0.352. The quantitative estimate of drug-likeness (QED) is 0.812. The average molecular weight is 221 g/mol. The first kappa shape index (κ1) is 10.8. The van der Waals surface area contributed by atoms with Gasteiger partial charge < -0.3 is 10.8 Å². The molecule has 0 aliphatic carbocycles. The highest BCUT2D eigenvalue weighted by Crippen LogP contribution is 2.15. The molecule has 0 amide bonds. The predicted molar refractivity (Wildman–Crippen MR) is 57.5 cm³/mol. The van der Waals surface area contributed by atoms with Crippen LogP contribution < -0.4 is 5.73 Å². The number of para-hydroxylation sites is 1. The maximum absolute atomic E-state index is 13.4. The van der Waals surface area contributed by atoms with E-state index in [-0.39, 0.29) is 12.4 Å². The summed E-state index contributed by atoms with van der Waals surface area (Å²) in [6.45, 7) is -0.164. The summed E-state index contributed by atoms with van der Waals surface area (Å²) in [6.07, 6.45) is 3.13. The number of rotatable bonds is 3. The molecule has 0 spiro atoms. The van der Waals surface area contributed by atoms with Crippen molar-refractivity contribution in [2.45, 2.75) is 6.04 Å². The van der Waals surface area contributed by atoms with E-state index in [1.165, 1.54) is 16.9 Å². The molecule has 2 aromatic rings. The van der Waals surface area contributed by atoms with Crippen LogP contribution in [0.2, 0.25) is 0 Å². The van der Waals surface area contributed by atoms with Gasteiger partial charge in [0.2, 0.25) is 0 Å². The number of hydrogen-bond donors (Lipinski definition) is 2. The Morgan fingerprint density at radius 1 is 1.44 bits per heavy atom. The molecule has 0 saturated carbocycles. The first-order chi connectivity index (χ1) is 7.72. The second kappa shape index (κ2) is 4.42. The molecular weight excluding hydrogens is 209 g/mol. The third kappa shape index (κ3) is 1.95. The van der Waals surface area contributed by atoms with Gasteiger partial charge in [-0.2, -0.15) is 5.10 Å². The van der Waals surface area contributed by atoms with Crippen LogP contribution in [0.4, 0.5) is 4.39 Å². The van der Waals surface area contributed by atoms with Crippen LogP contribution in [-0.2, 0) is 0 Å². The summed E-state index contributed by atoms with van der Waals surface area (Å²) < 4.78 is 14.8. The van der Waals surface area contributed by atoms with Crippen LogP contribution in [0.15, 0.2) is 36.7 Å². The van der Waals surface area contributed by atoms with E-state index in [2.05, 4.69) is 5.10 Å². The molecule has 1 aromatic heterocycles. The lowest BCUT2D eigenvalue weighted by molar-refractivity contribution is 0.268. The molecule has 4 nitrogen and oxygen atoms in total. The highest BCUT2D eigenvalue weighted by molar-refractivity contribution is 5.33. The Labute approximate surface area is 92.1 Å². The number of aliphatic hydroxyl groups excluding tert-OH is 1. The number of nitrogens with two attached hydrogens (primary N) is 1. The fourth-order valence-corrected chi connectivity index (χ4v) is 1.40. The fourth-order valence-electron chi connectivity index (χ4n) is 1.40. The maximum atomic E-state index is 13.4. The molecule has 1 atom stereocenters. The Morgan fingerprint density at radius 3 is 2.88 bits per heavy atom. The van der Waals surface area contributed by atoms with E-state index in [4.69, 9.17) is 10.8 Å². The van der Waals surface area contributed by atoms with Gasteiger partial charge in [-0.05, 0) is 12.1 Å². The number of aromatic nitrogens is 2. The van der Waals surface area contributed by atoms with Gasteiger partial charge in [0, 0.05) is 11.8 Å². The van der Waals surface area contributed by atoms with Gasteiger partial charge in [0.15, 0.2) is 0 Å². The van der Waals surface area contributed by atoms with Gasteiger partial charge in [-0.1, -0.05) is 12.1 Å². The smallest absolute Gasteiger partial charge is 0.148 e. The van der Waals surface area contributed by atoms with Gasteiger partial charge in [0.25, 0.3) is 0 Å². The van der Waals surface area contributed by atoms with E-state index in [1.54, 1.807) is 24.4 Å². The molecule has 1 heterocycles. The van der Waals surface area contributed by atoms with Gasteiger partial charge in [0.1, 0.15) is 11.5 Å². The highest BCUT2D eigenvalue weighted by atomic mass is 19.1. The van der Waals surface area contributed by atoms with Crippen molar-refractivity contribution in [1.82, 2.24) is 9.78 Å². The van der Waals surface area contributed by atoms with Crippen molar-refractivity contribution in [1.29, 1.82) is 0 Å². The molecule has 5 heteroatoms. The Balaban J connectivity index is 2.35. The Hall–Kier alpha value is -1.72. The van der Waals surface area contributed by atoms with Crippen LogP contribution in [0.1, 0.15) is 11.6 Å². The van der Waals surface area contributed by atoms with Crippen molar-refractivity contribution in [2.75, 3.05) is 6.61 Å². The number of aliphatic hydroxyl groups is 1. The monoisotopic (exact) mass is 221 g/mol.